The van der Waals surface area contributed by atoms with Crippen LogP contribution < -0.4 is 10.6 Å². The van der Waals surface area contributed by atoms with Gasteiger partial charge in [-0.25, -0.2) is 0 Å². The monoisotopic (exact) mass is 390 g/mol. The molecule has 1 heterocycles. The largest absolute Gasteiger partial charge is 0.321 e. The highest BCUT2D eigenvalue weighted by molar-refractivity contribution is 7.10. The molecule has 2 N–H and O–H groups in total. The lowest BCUT2D eigenvalue weighted by Crippen LogP contribution is -2.30. The van der Waals surface area contributed by atoms with Crippen LogP contribution in [-0.4, -0.2) is 11.8 Å². The van der Waals surface area contributed by atoms with Crippen LogP contribution in [0.5, 0.6) is 0 Å². The molecule has 142 valence electrons. The standard InChI is InChI=1S/C23H22N2O2S/c1-15-6-4-7-18(12-15)22(26)25-21(14-20-8-5-11-28-20)23(27)24-19-10-9-16(2)17(3)13-19/h4-14H,1-3H3,(H,24,27)(H,25,26)/b21-14-. The number of benzene rings is 2. The molecule has 0 atom stereocenters. The Labute approximate surface area is 168 Å². The molecule has 3 rings (SSSR count). The Morgan fingerprint density at radius 2 is 1.75 bits per heavy atom. The molecule has 4 nitrogen and oxygen atoms in total. The molecule has 0 aliphatic carbocycles. The van der Waals surface area contributed by atoms with Crippen molar-refractivity contribution in [2.24, 2.45) is 0 Å². The summed E-state index contributed by atoms with van der Waals surface area (Å²) < 4.78 is 0. The molecule has 2 aromatic carbocycles. The third kappa shape index (κ3) is 4.96. The van der Waals surface area contributed by atoms with Crippen LogP contribution in [0.1, 0.15) is 31.9 Å². The van der Waals surface area contributed by atoms with Gasteiger partial charge in [0.25, 0.3) is 11.8 Å². The van der Waals surface area contributed by atoms with E-state index in [1.807, 2.05) is 68.6 Å². The van der Waals surface area contributed by atoms with Gasteiger partial charge in [0.2, 0.25) is 0 Å². The van der Waals surface area contributed by atoms with E-state index in [1.165, 1.54) is 11.3 Å². The van der Waals surface area contributed by atoms with Crippen molar-refractivity contribution in [3.63, 3.8) is 0 Å². The van der Waals surface area contributed by atoms with E-state index in [0.717, 1.165) is 21.6 Å². The first-order chi connectivity index (χ1) is 13.4. The van der Waals surface area contributed by atoms with Gasteiger partial charge in [0.1, 0.15) is 5.70 Å². The Hall–Kier alpha value is -3.18. The first-order valence-electron chi connectivity index (χ1n) is 8.94. The number of anilines is 1. The number of carbonyl (C=O) groups excluding carboxylic acids is 2. The summed E-state index contributed by atoms with van der Waals surface area (Å²) in [5.74, 6) is -0.681. The molecule has 0 bridgehead atoms. The van der Waals surface area contributed by atoms with Gasteiger partial charge in [0.15, 0.2) is 0 Å². The second-order valence-corrected chi connectivity index (χ2v) is 7.63. The van der Waals surface area contributed by atoms with E-state index in [1.54, 1.807) is 18.2 Å². The van der Waals surface area contributed by atoms with E-state index >= 15 is 0 Å². The number of thiophene rings is 1. The predicted octanol–water partition coefficient (Wildman–Crippen LogP) is 5.08. The normalized spacial score (nSPS) is 11.2. The van der Waals surface area contributed by atoms with Crippen molar-refractivity contribution in [1.29, 1.82) is 0 Å². The smallest absolute Gasteiger partial charge is 0.272 e. The molecule has 0 fully saturated rings. The molecule has 1 aromatic heterocycles. The number of amides is 2. The van der Waals surface area contributed by atoms with Crippen LogP contribution in [0.25, 0.3) is 6.08 Å². The summed E-state index contributed by atoms with van der Waals surface area (Å²) in [6.07, 6.45) is 1.69. The van der Waals surface area contributed by atoms with Gasteiger partial charge in [-0.15, -0.1) is 11.3 Å². The average Bonchev–Trinajstić information content (AvgIpc) is 3.17. The van der Waals surface area contributed by atoms with Crippen molar-refractivity contribution < 1.29 is 9.59 Å². The van der Waals surface area contributed by atoms with Crippen molar-refractivity contribution in [3.05, 3.63) is 92.8 Å². The lowest BCUT2D eigenvalue weighted by Gasteiger charge is -2.12. The van der Waals surface area contributed by atoms with E-state index in [4.69, 9.17) is 0 Å². The van der Waals surface area contributed by atoms with Crippen LogP contribution in [0.4, 0.5) is 5.69 Å². The summed E-state index contributed by atoms with van der Waals surface area (Å²) in [6.45, 7) is 5.93. The van der Waals surface area contributed by atoms with Gasteiger partial charge in [-0.1, -0.05) is 29.8 Å². The van der Waals surface area contributed by atoms with Crippen LogP contribution in [-0.2, 0) is 4.79 Å². The molecular weight excluding hydrogens is 368 g/mol. The first kappa shape index (κ1) is 19.6. The first-order valence-corrected chi connectivity index (χ1v) is 9.82. The zero-order valence-electron chi connectivity index (χ0n) is 16.1. The van der Waals surface area contributed by atoms with E-state index in [-0.39, 0.29) is 17.5 Å². The fourth-order valence-electron chi connectivity index (χ4n) is 2.67. The SMILES string of the molecule is Cc1cccc(C(=O)N/C(=C\c2cccs2)C(=O)Nc2ccc(C)c(C)c2)c1. The lowest BCUT2D eigenvalue weighted by atomic mass is 10.1. The quantitative estimate of drug-likeness (QED) is 0.597. The minimum Gasteiger partial charge on any atom is -0.321 e. The Kier molecular flexibility index (Phi) is 6.06. The second kappa shape index (κ2) is 8.67. The highest BCUT2D eigenvalue weighted by Crippen LogP contribution is 2.17. The molecular formula is C23H22N2O2S. The highest BCUT2D eigenvalue weighted by Gasteiger charge is 2.15. The molecule has 0 unspecified atom stereocenters. The van der Waals surface area contributed by atoms with E-state index in [9.17, 15) is 9.59 Å². The summed E-state index contributed by atoms with van der Waals surface area (Å²) in [5.41, 5.74) is 4.62. The van der Waals surface area contributed by atoms with Gasteiger partial charge >= 0.3 is 0 Å². The summed E-state index contributed by atoms with van der Waals surface area (Å²) in [7, 11) is 0. The maximum absolute atomic E-state index is 12.9. The van der Waals surface area contributed by atoms with Gasteiger partial charge in [-0.05, 0) is 73.7 Å². The minimum absolute atomic E-state index is 0.201. The second-order valence-electron chi connectivity index (χ2n) is 6.65. The van der Waals surface area contributed by atoms with Crippen molar-refractivity contribution in [3.8, 4) is 0 Å². The van der Waals surface area contributed by atoms with E-state index < -0.39 is 0 Å². The van der Waals surface area contributed by atoms with Gasteiger partial charge in [-0.2, -0.15) is 0 Å². The number of nitrogens with one attached hydrogen (secondary N) is 2. The summed E-state index contributed by atoms with van der Waals surface area (Å²) >= 11 is 1.50. The number of carbonyl (C=O) groups is 2. The Morgan fingerprint density at radius 1 is 0.929 bits per heavy atom. The zero-order chi connectivity index (χ0) is 20.1. The van der Waals surface area contributed by atoms with Crippen molar-refractivity contribution in [2.75, 3.05) is 5.32 Å². The number of hydrogen-bond donors (Lipinski definition) is 2. The molecule has 5 heteroatoms. The van der Waals surface area contributed by atoms with Crippen LogP contribution >= 0.6 is 11.3 Å². The summed E-state index contributed by atoms with van der Waals surface area (Å²) in [5, 5.41) is 7.56. The van der Waals surface area contributed by atoms with E-state index in [0.29, 0.717) is 11.3 Å². The maximum atomic E-state index is 12.9. The Bertz CT molecular complexity index is 1040. The van der Waals surface area contributed by atoms with Crippen LogP contribution in [0.2, 0.25) is 0 Å². The number of aryl methyl sites for hydroxylation is 3. The Balaban J connectivity index is 1.85. The summed E-state index contributed by atoms with van der Waals surface area (Å²) in [6, 6.07) is 16.8. The maximum Gasteiger partial charge on any atom is 0.272 e. The van der Waals surface area contributed by atoms with Crippen molar-refractivity contribution in [2.45, 2.75) is 20.8 Å². The number of hydrogen-bond acceptors (Lipinski definition) is 3. The molecule has 0 saturated heterocycles. The van der Waals surface area contributed by atoms with E-state index in [2.05, 4.69) is 10.6 Å². The summed E-state index contributed by atoms with van der Waals surface area (Å²) in [4.78, 5) is 26.4. The third-order valence-electron chi connectivity index (χ3n) is 4.37. The topological polar surface area (TPSA) is 58.2 Å². The molecule has 0 aliphatic heterocycles. The molecule has 0 radical (unpaired) electrons. The number of rotatable bonds is 5. The lowest BCUT2D eigenvalue weighted by molar-refractivity contribution is -0.113. The molecule has 0 spiro atoms. The van der Waals surface area contributed by atoms with Crippen LogP contribution in [0, 0.1) is 20.8 Å². The minimum atomic E-state index is -0.363. The van der Waals surface area contributed by atoms with Crippen molar-refractivity contribution in [1.82, 2.24) is 5.32 Å². The van der Waals surface area contributed by atoms with Crippen LogP contribution in [0.15, 0.2) is 65.7 Å². The highest BCUT2D eigenvalue weighted by atomic mass is 32.1. The van der Waals surface area contributed by atoms with Gasteiger partial charge in [-0.3, -0.25) is 9.59 Å². The van der Waals surface area contributed by atoms with Gasteiger partial charge < -0.3 is 10.6 Å². The fourth-order valence-corrected chi connectivity index (χ4v) is 3.33. The molecule has 0 aliphatic rings. The predicted molar refractivity (Wildman–Crippen MR) is 115 cm³/mol. The third-order valence-corrected chi connectivity index (χ3v) is 5.19. The van der Waals surface area contributed by atoms with Crippen LogP contribution in [0.3, 0.4) is 0 Å². The van der Waals surface area contributed by atoms with Gasteiger partial charge in [0, 0.05) is 16.1 Å². The Morgan fingerprint density at radius 3 is 2.43 bits per heavy atom. The van der Waals surface area contributed by atoms with Crippen molar-refractivity contribution >= 4 is 34.9 Å². The van der Waals surface area contributed by atoms with Gasteiger partial charge in [0.05, 0.1) is 0 Å². The molecule has 3 aromatic rings. The average molecular weight is 391 g/mol. The molecule has 28 heavy (non-hydrogen) atoms. The fraction of sp³-hybridized carbons (Fsp3) is 0.130. The molecule has 0 saturated carbocycles. The zero-order valence-corrected chi connectivity index (χ0v) is 16.9. The molecule has 2 amide bonds.